The van der Waals surface area contributed by atoms with E-state index in [1.165, 1.54) is 0 Å². The Morgan fingerprint density at radius 2 is 2.13 bits per heavy atom. The molecule has 1 aliphatic heterocycles. The number of hydrogen-bond acceptors (Lipinski definition) is 3. The normalized spacial score (nSPS) is 14.5. The molecule has 0 saturated heterocycles. The van der Waals surface area contributed by atoms with Gasteiger partial charge < -0.3 is 14.6 Å². The summed E-state index contributed by atoms with van der Waals surface area (Å²) in [4.78, 5) is 0. The standard InChI is InChI=1S/C11H11BrO3/c12-9-6-8(2-1-3-13)7-10-11(9)15-5-4-14-10/h1-2,6-7,13H,3-5H2/b2-1+. The molecule has 0 radical (unpaired) electrons. The van der Waals surface area contributed by atoms with E-state index in [9.17, 15) is 0 Å². The first-order valence-corrected chi connectivity index (χ1v) is 5.47. The Kier molecular flexibility index (Phi) is 3.28. The predicted molar refractivity (Wildman–Crippen MR) is 61.3 cm³/mol. The number of ether oxygens (including phenoxy) is 2. The molecule has 4 heteroatoms. The van der Waals surface area contributed by atoms with Crippen molar-refractivity contribution in [2.24, 2.45) is 0 Å². The van der Waals surface area contributed by atoms with E-state index in [4.69, 9.17) is 14.6 Å². The predicted octanol–water partition coefficient (Wildman–Crippen LogP) is 2.23. The summed E-state index contributed by atoms with van der Waals surface area (Å²) in [7, 11) is 0. The average Bonchev–Trinajstić information content (AvgIpc) is 2.26. The highest BCUT2D eigenvalue weighted by molar-refractivity contribution is 9.10. The Balaban J connectivity index is 2.36. The minimum atomic E-state index is 0.0338. The van der Waals surface area contributed by atoms with Gasteiger partial charge in [0.25, 0.3) is 0 Å². The third-order valence-electron chi connectivity index (χ3n) is 2.03. The van der Waals surface area contributed by atoms with Crippen LogP contribution in [0.1, 0.15) is 5.56 Å². The number of hydrogen-bond donors (Lipinski definition) is 1. The van der Waals surface area contributed by atoms with E-state index in [2.05, 4.69) is 15.9 Å². The van der Waals surface area contributed by atoms with Gasteiger partial charge in [-0.05, 0) is 33.6 Å². The number of aliphatic hydroxyl groups is 1. The molecule has 1 aliphatic rings. The first-order chi connectivity index (χ1) is 7.31. The summed E-state index contributed by atoms with van der Waals surface area (Å²) in [6, 6.07) is 3.82. The van der Waals surface area contributed by atoms with Crippen LogP contribution in [0.3, 0.4) is 0 Å². The topological polar surface area (TPSA) is 38.7 Å². The maximum Gasteiger partial charge on any atom is 0.175 e. The zero-order valence-corrected chi connectivity index (χ0v) is 9.66. The molecule has 2 rings (SSSR count). The third kappa shape index (κ3) is 2.33. The summed E-state index contributed by atoms with van der Waals surface area (Å²) in [5.74, 6) is 1.50. The molecule has 0 aliphatic carbocycles. The van der Waals surface area contributed by atoms with Crippen LogP contribution in [-0.2, 0) is 0 Å². The summed E-state index contributed by atoms with van der Waals surface area (Å²) >= 11 is 3.42. The molecular weight excluding hydrogens is 260 g/mol. The van der Waals surface area contributed by atoms with Gasteiger partial charge in [0.2, 0.25) is 0 Å². The van der Waals surface area contributed by atoms with Crippen molar-refractivity contribution < 1.29 is 14.6 Å². The van der Waals surface area contributed by atoms with Gasteiger partial charge in [-0.15, -0.1) is 0 Å². The number of halogens is 1. The maximum absolute atomic E-state index is 8.68. The van der Waals surface area contributed by atoms with E-state index in [1.54, 1.807) is 6.08 Å². The molecule has 0 atom stereocenters. The van der Waals surface area contributed by atoms with Gasteiger partial charge in [0, 0.05) is 0 Å². The first kappa shape index (κ1) is 10.5. The molecule has 0 fully saturated rings. The van der Waals surface area contributed by atoms with Crippen molar-refractivity contribution in [1.29, 1.82) is 0 Å². The van der Waals surface area contributed by atoms with Crippen LogP contribution >= 0.6 is 15.9 Å². The second-order valence-electron chi connectivity index (χ2n) is 3.11. The molecule has 80 valence electrons. The van der Waals surface area contributed by atoms with Crippen LogP contribution in [0.2, 0.25) is 0 Å². The number of rotatable bonds is 2. The van der Waals surface area contributed by atoms with Gasteiger partial charge in [-0.3, -0.25) is 0 Å². The average molecular weight is 271 g/mol. The van der Waals surface area contributed by atoms with Crippen LogP contribution in [0, 0.1) is 0 Å². The zero-order valence-electron chi connectivity index (χ0n) is 8.07. The smallest absolute Gasteiger partial charge is 0.175 e. The molecule has 0 aromatic heterocycles. The van der Waals surface area contributed by atoms with Gasteiger partial charge >= 0.3 is 0 Å². The maximum atomic E-state index is 8.68. The lowest BCUT2D eigenvalue weighted by molar-refractivity contribution is 0.170. The molecule has 1 aromatic carbocycles. The lowest BCUT2D eigenvalue weighted by Crippen LogP contribution is -2.15. The quantitative estimate of drug-likeness (QED) is 0.896. The van der Waals surface area contributed by atoms with Gasteiger partial charge in [0.05, 0.1) is 11.1 Å². The number of aliphatic hydroxyl groups excluding tert-OH is 1. The molecular formula is C11H11BrO3. The molecule has 0 bridgehead atoms. The van der Waals surface area contributed by atoms with E-state index in [0.29, 0.717) is 13.2 Å². The van der Waals surface area contributed by atoms with Gasteiger partial charge in [0.1, 0.15) is 13.2 Å². The van der Waals surface area contributed by atoms with Gasteiger partial charge in [-0.25, -0.2) is 0 Å². The van der Waals surface area contributed by atoms with E-state index in [0.717, 1.165) is 21.5 Å². The van der Waals surface area contributed by atoms with Gasteiger partial charge in [-0.1, -0.05) is 12.2 Å². The summed E-state index contributed by atoms with van der Waals surface area (Å²) in [5.41, 5.74) is 0.972. The molecule has 15 heavy (non-hydrogen) atoms. The Morgan fingerprint density at radius 1 is 1.33 bits per heavy atom. The molecule has 1 aromatic rings. The largest absolute Gasteiger partial charge is 0.486 e. The Labute approximate surface area is 96.4 Å². The van der Waals surface area contributed by atoms with Crippen molar-refractivity contribution in [2.45, 2.75) is 0 Å². The second kappa shape index (κ2) is 4.68. The van der Waals surface area contributed by atoms with Crippen LogP contribution in [0.25, 0.3) is 6.08 Å². The summed E-state index contributed by atoms with van der Waals surface area (Å²) in [6.07, 6.45) is 3.51. The Morgan fingerprint density at radius 3 is 2.93 bits per heavy atom. The lowest BCUT2D eigenvalue weighted by atomic mass is 10.2. The van der Waals surface area contributed by atoms with E-state index in [-0.39, 0.29) is 6.61 Å². The van der Waals surface area contributed by atoms with Crippen LogP contribution in [-0.4, -0.2) is 24.9 Å². The molecule has 0 saturated carbocycles. The Hall–Kier alpha value is -1.00. The monoisotopic (exact) mass is 270 g/mol. The number of fused-ring (bicyclic) bond motifs is 1. The Bertz CT molecular complexity index is 388. The van der Waals surface area contributed by atoms with Crippen molar-refractivity contribution in [3.63, 3.8) is 0 Å². The van der Waals surface area contributed by atoms with Crippen LogP contribution in [0.4, 0.5) is 0 Å². The van der Waals surface area contributed by atoms with Crippen molar-refractivity contribution in [1.82, 2.24) is 0 Å². The third-order valence-corrected chi connectivity index (χ3v) is 2.62. The lowest BCUT2D eigenvalue weighted by Gasteiger charge is -2.19. The first-order valence-electron chi connectivity index (χ1n) is 4.68. The summed E-state index contributed by atoms with van der Waals surface area (Å²) in [6.45, 7) is 1.19. The van der Waals surface area contributed by atoms with Crippen molar-refractivity contribution >= 4 is 22.0 Å². The zero-order chi connectivity index (χ0) is 10.7. The minimum absolute atomic E-state index is 0.0338. The molecule has 1 heterocycles. The van der Waals surface area contributed by atoms with Crippen LogP contribution < -0.4 is 9.47 Å². The fourth-order valence-electron chi connectivity index (χ4n) is 1.42. The highest BCUT2D eigenvalue weighted by atomic mass is 79.9. The van der Waals surface area contributed by atoms with Crippen molar-refractivity contribution in [3.05, 3.63) is 28.2 Å². The van der Waals surface area contributed by atoms with E-state index < -0.39 is 0 Å². The molecule has 3 nitrogen and oxygen atoms in total. The second-order valence-corrected chi connectivity index (χ2v) is 3.97. The molecule has 0 unspecified atom stereocenters. The van der Waals surface area contributed by atoms with Crippen LogP contribution in [0.15, 0.2) is 22.7 Å². The highest BCUT2D eigenvalue weighted by Crippen LogP contribution is 2.38. The van der Waals surface area contributed by atoms with Crippen molar-refractivity contribution in [3.8, 4) is 11.5 Å². The highest BCUT2D eigenvalue weighted by Gasteiger charge is 2.15. The van der Waals surface area contributed by atoms with E-state index >= 15 is 0 Å². The van der Waals surface area contributed by atoms with Crippen LogP contribution in [0.5, 0.6) is 11.5 Å². The van der Waals surface area contributed by atoms with E-state index in [1.807, 2.05) is 18.2 Å². The fraction of sp³-hybridized carbons (Fsp3) is 0.273. The summed E-state index contributed by atoms with van der Waals surface area (Å²) < 4.78 is 11.8. The SMILES string of the molecule is OC/C=C/c1cc(Br)c2c(c1)OCCO2. The fourth-order valence-corrected chi connectivity index (χ4v) is 1.99. The van der Waals surface area contributed by atoms with Crippen molar-refractivity contribution in [2.75, 3.05) is 19.8 Å². The minimum Gasteiger partial charge on any atom is -0.486 e. The van der Waals surface area contributed by atoms with Gasteiger partial charge in [-0.2, -0.15) is 0 Å². The van der Waals surface area contributed by atoms with Gasteiger partial charge in [0.15, 0.2) is 11.5 Å². The molecule has 0 amide bonds. The molecule has 1 N–H and O–H groups in total. The summed E-state index contributed by atoms with van der Waals surface area (Å²) in [5, 5.41) is 8.68. The number of benzene rings is 1. The molecule has 0 spiro atoms.